The van der Waals surface area contributed by atoms with Crippen LogP contribution in [-0.4, -0.2) is 21.4 Å². The van der Waals surface area contributed by atoms with Gasteiger partial charge in [0.1, 0.15) is 5.69 Å². The summed E-state index contributed by atoms with van der Waals surface area (Å²) >= 11 is 0. The second-order valence-electron chi connectivity index (χ2n) is 4.04. The number of hydrogen-bond donors (Lipinski definition) is 2. The number of alkyl halides is 3. The van der Waals surface area contributed by atoms with E-state index in [2.05, 4.69) is 25.7 Å². The maximum absolute atomic E-state index is 12.7. The SMILES string of the molecule is Cc1nnc(NN=Cc2ccccc2C(F)(F)F)[nH]c1=O. The van der Waals surface area contributed by atoms with E-state index < -0.39 is 17.3 Å². The van der Waals surface area contributed by atoms with Gasteiger partial charge in [0.25, 0.3) is 5.56 Å². The highest BCUT2D eigenvalue weighted by atomic mass is 19.4. The van der Waals surface area contributed by atoms with Crippen LogP contribution in [0.1, 0.15) is 16.8 Å². The molecule has 0 saturated carbocycles. The maximum atomic E-state index is 12.7. The molecule has 1 heterocycles. The fourth-order valence-electron chi connectivity index (χ4n) is 1.47. The summed E-state index contributed by atoms with van der Waals surface area (Å²) in [5.74, 6) is -0.0636. The van der Waals surface area contributed by atoms with Crippen molar-refractivity contribution in [2.45, 2.75) is 13.1 Å². The lowest BCUT2D eigenvalue weighted by molar-refractivity contribution is -0.137. The van der Waals surface area contributed by atoms with Gasteiger partial charge >= 0.3 is 6.18 Å². The zero-order valence-corrected chi connectivity index (χ0v) is 10.8. The minimum atomic E-state index is -4.47. The molecule has 2 rings (SSSR count). The third-order valence-corrected chi connectivity index (χ3v) is 2.50. The van der Waals surface area contributed by atoms with Crippen molar-refractivity contribution in [2.24, 2.45) is 5.10 Å². The number of benzene rings is 1. The topological polar surface area (TPSA) is 83.0 Å². The molecule has 21 heavy (non-hydrogen) atoms. The Bertz CT molecular complexity index is 723. The van der Waals surface area contributed by atoms with Crippen LogP contribution in [0, 0.1) is 6.92 Å². The van der Waals surface area contributed by atoms with Gasteiger partial charge in [0.15, 0.2) is 0 Å². The summed E-state index contributed by atoms with van der Waals surface area (Å²) < 4.78 is 38.2. The molecule has 0 aliphatic carbocycles. The Balaban J connectivity index is 2.19. The summed E-state index contributed by atoms with van der Waals surface area (Å²) in [6, 6.07) is 4.98. The molecule has 0 amide bonds. The average molecular weight is 297 g/mol. The molecule has 0 aliphatic heterocycles. The maximum Gasteiger partial charge on any atom is 0.417 e. The van der Waals surface area contributed by atoms with E-state index in [1.54, 1.807) is 0 Å². The van der Waals surface area contributed by atoms with Crippen molar-refractivity contribution in [2.75, 3.05) is 5.43 Å². The fourth-order valence-corrected chi connectivity index (χ4v) is 1.47. The van der Waals surface area contributed by atoms with Crippen LogP contribution in [0.15, 0.2) is 34.2 Å². The van der Waals surface area contributed by atoms with Gasteiger partial charge in [-0.3, -0.25) is 9.78 Å². The minimum absolute atomic E-state index is 0.0636. The van der Waals surface area contributed by atoms with E-state index in [9.17, 15) is 18.0 Å². The Morgan fingerprint density at radius 2 is 2.00 bits per heavy atom. The number of H-pyrrole nitrogens is 1. The molecule has 0 atom stereocenters. The Hall–Kier alpha value is -2.71. The fraction of sp³-hybridized carbons (Fsp3) is 0.167. The predicted octanol–water partition coefficient (Wildman–Crippen LogP) is 1.94. The molecule has 0 fully saturated rings. The largest absolute Gasteiger partial charge is 0.417 e. The second-order valence-corrected chi connectivity index (χ2v) is 4.04. The van der Waals surface area contributed by atoms with E-state index in [0.717, 1.165) is 12.3 Å². The first-order valence-electron chi connectivity index (χ1n) is 5.77. The van der Waals surface area contributed by atoms with E-state index in [1.165, 1.54) is 25.1 Å². The van der Waals surface area contributed by atoms with Gasteiger partial charge in [-0.25, -0.2) is 5.43 Å². The highest BCUT2D eigenvalue weighted by molar-refractivity contribution is 5.82. The van der Waals surface area contributed by atoms with E-state index in [0.29, 0.717) is 0 Å². The molecule has 0 unspecified atom stereocenters. The second kappa shape index (κ2) is 5.73. The Morgan fingerprint density at radius 3 is 2.67 bits per heavy atom. The molecule has 110 valence electrons. The molecule has 0 radical (unpaired) electrons. The summed E-state index contributed by atoms with van der Waals surface area (Å²) in [6.07, 6.45) is -3.48. The van der Waals surface area contributed by atoms with E-state index in [4.69, 9.17) is 0 Å². The van der Waals surface area contributed by atoms with Gasteiger partial charge < -0.3 is 0 Å². The molecule has 0 aliphatic rings. The van der Waals surface area contributed by atoms with Crippen molar-refractivity contribution in [3.63, 3.8) is 0 Å². The molecule has 2 aromatic rings. The van der Waals surface area contributed by atoms with Gasteiger partial charge in [0.2, 0.25) is 5.95 Å². The summed E-state index contributed by atoms with van der Waals surface area (Å²) in [4.78, 5) is 13.6. The van der Waals surface area contributed by atoms with Gasteiger partial charge in [-0.15, -0.1) is 10.2 Å². The van der Waals surface area contributed by atoms with Gasteiger partial charge in [0.05, 0.1) is 11.8 Å². The van der Waals surface area contributed by atoms with Crippen molar-refractivity contribution in [3.05, 3.63) is 51.4 Å². The lowest BCUT2D eigenvalue weighted by Gasteiger charge is -2.09. The first-order valence-corrected chi connectivity index (χ1v) is 5.77. The predicted molar refractivity (Wildman–Crippen MR) is 70.1 cm³/mol. The molecule has 0 spiro atoms. The third-order valence-electron chi connectivity index (χ3n) is 2.50. The summed E-state index contributed by atoms with van der Waals surface area (Å²) in [7, 11) is 0. The number of rotatable bonds is 3. The molecule has 6 nitrogen and oxygen atoms in total. The smallest absolute Gasteiger partial charge is 0.288 e. The van der Waals surface area contributed by atoms with Gasteiger partial charge in [-0.1, -0.05) is 18.2 Å². The number of anilines is 1. The van der Waals surface area contributed by atoms with Crippen molar-refractivity contribution in [1.82, 2.24) is 15.2 Å². The van der Waals surface area contributed by atoms with Crippen LogP contribution in [0.5, 0.6) is 0 Å². The number of aromatic nitrogens is 3. The Labute approximate surface area is 116 Å². The van der Waals surface area contributed by atoms with Crippen molar-refractivity contribution < 1.29 is 13.2 Å². The monoisotopic (exact) mass is 297 g/mol. The molecular weight excluding hydrogens is 287 g/mol. The number of aromatic amines is 1. The number of halogens is 3. The summed E-state index contributed by atoms with van der Waals surface area (Å²) in [5.41, 5.74) is 1.11. The summed E-state index contributed by atoms with van der Waals surface area (Å²) in [5, 5.41) is 10.7. The number of nitrogens with zero attached hydrogens (tertiary/aromatic N) is 3. The average Bonchev–Trinajstić information content (AvgIpc) is 2.42. The first-order chi connectivity index (χ1) is 9.88. The van der Waals surface area contributed by atoms with Crippen LogP contribution in [0.2, 0.25) is 0 Å². The lowest BCUT2D eigenvalue weighted by atomic mass is 10.1. The molecule has 0 saturated heterocycles. The molecular formula is C12H10F3N5O. The zero-order valence-electron chi connectivity index (χ0n) is 10.8. The van der Waals surface area contributed by atoms with Gasteiger partial charge in [-0.05, 0) is 13.0 Å². The van der Waals surface area contributed by atoms with Crippen molar-refractivity contribution in [3.8, 4) is 0 Å². The first kappa shape index (κ1) is 14.7. The quantitative estimate of drug-likeness (QED) is 0.670. The molecule has 1 aromatic carbocycles. The van der Waals surface area contributed by atoms with E-state index in [1.807, 2.05) is 0 Å². The molecule has 0 bridgehead atoms. The molecule has 1 aromatic heterocycles. The lowest BCUT2D eigenvalue weighted by Crippen LogP contribution is -2.15. The Kier molecular flexibility index (Phi) is 4.01. The Morgan fingerprint density at radius 1 is 1.29 bits per heavy atom. The normalized spacial score (nSPS) is 11.8. The van der Waals surface area contributed by atoms with Crippen LogP contribution < -0.4 is 11.0 Å². The van der Waals surface area contributed by atoms with Crippen LogP contribution in [-0.2, 0) is 6.18 Å². The number of nitrogens with one attached hydrogen (secondary N) is 2. The third kappa shape index (κ3) is 3.65. The highest BCUT2D eigenvalue weighted by Gasteiger charge is 2.32. The standard InChI is InChI=1S/C12H10F3N5O/c1-7-10(21)17-11(20-18-7)19-16-6-8-4-2-3-5-9(8)12(13,14)15/h2-6H,1H3,(H2,17,19,20,21). The molecule has 2 N–H and O–H groups in total. The number of hydrogen-bond acceptors (Lipinski definition) is 5. The number of hydrazone groups is 1. The van der Waals surface area contributed by atoms with Gasteiger partial charge in [0, 0.05) is 5.56 Å². The van der Waals surface area contributed by atoms with Gasteiger partial charge in [-0.2, -0.15) is 18.3 Å². The minimum Gasteiger partial charge on any atom is -0.288 e. The van der Waals surface area contributed by atoms with Crippen LogP contribution in [0.25, 0.3) is 0 Å². The summed E-state index contributed by atoms with van der Waals surface area (Å²) in [6.45, 7) is 1.47. The van der Waals surface area contributed by atoms with Crippen LogP contribution in [0.3, 0.4) is 0 Å². The zero-order chi connectivity index (χ0) is 15.5. The van der Waals surface area contributed by atoms with Crippen molar-refractivity contribution in [1.29, 1.82) is 0 Å². The van der Waals surface area contributed by atoms with E-state index in [-0.39, 0.29) is 17.2 Å². The van der Waals surface area contributed by atoms with Crippen LogP contribution in [0.4, 0.5) is 19.1 Å². The highest BCUT2D eigenvalue weighted by Crippen LogP contribution is 2.31. The number of aryl methyl sites for hydroxylation is 1. The van der Waals surface area contributed by atoms with Crippen LogP contribution >= 0.6 is 0 Å². The molecule has 9 heteroatoms. The van der Waals surface area contributed by atoms with E-state index >= 15 is 0 Å². The van der Waals surface area contributed by atoms with Crippen molar-refractivity contribution >= 4 is 12.2 Å².